The van der Waals surface area contributed by atoms with Crippen molar-refractivity contribution in [2.24, 2.45) is 23.0 Å². The van der Waals surface area contributed by atoms with Crippen LogP contribution >= 0.6 is 0 Å². The molecule has 2 saturated heterocycles. The van der Waals surface area contributed by atoms with Crippen LogP contribution in [0.3, 0.4) is 0 Å². The molecule has 3 aliphatic carbocycles. The van der Waals surface area contributed by atoms with Gasteiger partial charge in [0, 0.05) is 44.7 Å². The number of aliphatic carboxylic acids is 1. The van der Waals surface area contributed by atoms with Crippen LogP contribution in [0.1, 0.15) is 151 Å². The number of piperazine rings is 1. The topological polar surface area (TPSA) is 257 Å². The molecule has 5 aliphatic rings. The van der Waals surface area contributed by atoms with Crippen LogP contribution in [-0.2, 0) is 58.7 Å². The molecule has 6 rings (SSSR count). The van der Waals surface area contributed by atoms with E-state index in [4.69, 9.17) is 39.1 Å². The second kappa shape index (κ2) is 22.6. The first kappa shape index (κ1) is 57.5. The molecule has 19 nitrogen and oxygen atoms in total. The number of urea groups is 1. The van der Waals surface area contributed by atoms with Gasteiger partial charge in [-0.1, -0.05) is 26.0 Å². The second-order valence-corrected chi connectivity index (χ2v) is 22.5. The van der Waals surface area contributed by atoms with Gasteiger partial charge >= 0.3 is 48.8 Å². The van der Waals surface area contributed by atoms with Crippen molar-refractivity contribution >= 4 is 54.6 Å². The lowest BCUT2D eigenvalue weighted by Crippen LogP contribution is -2.65. The lowest BCUT2D eigenvalue weighted by atomic mass is 9.43. The van der Waals surface area contributed by atoms with Gasteiger partial charge in [-0.25, -0.2) is 9.59 Å². The number of ketones is 1. The average Bonchev–Trinajstić information content (AvgIpc) is 3.60. The maximum atomic E-state index is 14.6. The summed E-state index contributed by atoms with van der Waals surface area (Å²) in [6, 6.07) is 2.03. The Bertz CT molecular complexity index is 2130. The molecule has 70 heavy (non-hydrogen) atoms. The van der Waals surface area contributed by atoms with E-state index in [0.717, 1.165) is 17.7 Å². The number of methoxy groups -OCH3 is 1. The number of para-hydroxylation sites is 1. The highest BCUT2D eigenvalue weighted by molar-refractivity contribution is 6.48. The number of likely N-dealkylation sites (N-methyl/N-ethyl adjacent to an activating group) is 1. The molecule has 0 radical (unpaired) electrons. The molecule has 0 unspecified atom stereocenters. The molecular weight excluding hydrogens is 907 g/mol. The summed E-state index contributed by atoms with van der Waals surface area (Å²) < 4.78 is 35.6. The smallest absolute Gasteiger partial charge is 0.461 e. The third-order valence-corrected chi connectivity index (χ3v) is 13.3. The van der Waals surface area contributed by atoms with Crippen LogP contribution in [0.25, 0.3) is 0 Å². The van der Waals surface area contributed by atoms with E-state index in [-0.39, 0.29) is 74.6 Å². The highest BCUT2D eigenvalue weighted by atomic mass is 16.7. The number of amides is 4. The van der Waals surface area contributed by atoms with Crippen LogP contribution in [0.5, 0.6) is 5.75 Å². The fourth-order valence-corrected chi connectivity index (χ4v) is 9.68. The number of nitrogens with zero attached hydrogens (tertiary/aromatic N) is 2. The predicted molar refractivity (Wildman–Crippen MR) is 257 cm³/mol. The molecular formula is C50H77BN4O15. The maximum Gasteiger partial charge on any atom is 0.461 e. The monoisotopic (exact) mass is 985 g/mol. The highest BCUT2D eigenvalue weighted by Gasteiger charge is 2.68. The minimum absolute atomic E-state index is 0.0325. The number of hydrogen-bond acceptors (Lipinski definition) is 15. The Balaban J connectivity index is 0.000000660. The number of carboxylic acid groups (broad SMARTS) is 1. The Kier molecular flexibility index (Phi) is 18.5. The van der Waals surface area contributed by atoms with Gasteiger partial charge in [0.2, 0.25) is 0 Å². The van der Waals surface area contributed by atoms with Gasteiger partial charge in [-0.2, -0.15) is 0 Å². The quantitative estimate of drug-likeness (QED) is 0.0736. The third-order valence-electron chi connectivity index (χ3n) is 13.3. The van der Waals surface area contributed by atoms with Crippen LogP contribution < -0.4 is 15.8 Å². The lowest BCUT2D eigenvalue weighted by molar-refractivity contribution is -0.199. The molecule has 1 aromatic rings. The van der Waals surface area contributed by atoms with Gasteiger partial charge in [0.25, 0.3) is 0 Å². The Labute approximate surface area is 413 Å². The Hall–Kier alpha value is -5.08. The Morgan fingerprint density at radius 1 is 0.871 bits per heavy atom. The minimum atomic E-state index is -1.23. The number of hydrogen-bond donors (Lipinski definition) is 3. The van der Waals surface area contributed by atoms with E-state index in [2.05, 4.69) is 26.1 Å². The number of benzene rings is 1. The number of imide groups is 1. The molecule has 7 atom stereocenters. The zero-order valence-electron chi connectivity index (χ0n) is 43.7. The number of rotatable bonds is 17. The molecule has 3 saturated carbocycles. The van der Waals surface area contributed by atoms with E-state index in [1.807, 2.05) is 6.07 Å². The highest BCUT2D eigenvalue weighted by Crippen LogP contribution is 2.66. The summed E-state index contributed by atoms with van der Waals surface area (Å²) in [7, 11) is 0.636. The third kappa shape index (κ3) is 14.7. The minimum Gasteiger partial charge on any atom is -0.496 e. The molecule has 4 N–H and O–H groups in total. The fourth-order valence-electron chi connectivity index (χ4n) is 9.68. The first-order valence-corrected chi connectivity index (χ1v) is 24.3. The van der Waals surface area contributed by atoms with Gasteiger partial charge in [0.15, 0.2) is 5.78 Å². The lowest BCUT2D eigenvalue weighted by Gasteiger charge is -2.64. The van der Waals surface area contributed by atoms with Crippen molar-refractivity contribution < 1.29 is 71.7 Å². The summed E-state index contributed by atoms with van der Waals surface area (Å²) in [6.45, 7) is 24.6. The van der Waals surface area contributed by atoms with E-state index in [9.17, 15) is 38.4 Å². The number of carbonyl (C=O) groups is 8. The number of Topliss-reactive ketones (excluding diaryl/α,β-unsaturated/α-hetero) is 1. The van der Waals surface area contributed by atoms with Crippen LogP contribution in [0, 0.1) is 17.3 Å². The van der Waals surface area contributed by atoms with E-state index >= 15 is 0 Å². The number of carbonyl (C=O) groups excluding carboxylic acids is 7. The summed E-state index contributed by atoms with van der Waals surface area (Å²) in [5, 5.41) is 11.1. The molecule has 0 aromatic heterocycles. The van der Waals surface area contributed by atoms with Crippen molar-refractivity contribution in [1.82, 2.24) is 15.1 Å². The molecule has 4 amide bonds. The van der Waals surface area contributed by atoms with E-state index in [1.54, 1.807) is 81.4 Å². The van der Waals surface area contributed by atoms with E-state index in [1.165, 1.54) is 12.0 Å². The molecule has 2 bridgehead atoms. The molecule has 2 aliphatic heterocycles. The summed E-state index contributed by atoms with van der Waals surface area (Å²) in [5.74, 6) is -4.48. The van der Waals surface area contributed by atoms with Crippen molar-refractivity contribution in [3.63, 3.8) is 0 Å². The molecule has 0 spiro atoms. The zero-order chi connectivity index (χ0) is 52.9. The molecule has 2 heterocycles. The van der Waals surface area contributed by atoms with Gasteiger partial charge in [-0.15, -0.1) is 0 Å². The van der Waals surface area contributed by atoms with Crippen LogP contribution in [0.4, 0.5) is 4.79 Å². The van der Waals surface area contributed by atoms with Gasteiger partial charge < -0.3 is 49.3 Å². The summed E-state index contributed by atoms with van der Waals surface area (Å²) in [5.41, 5.74) is 3.48. The molecule has 1 aromatic carbocycles. The first-order valence-electron chi connectivity index (χ1n) is 24.3. The summed E-state index contributed by atoms with van der Waals surface area (Å²) in [4.78, 5) is 104. The van der Waals surface area contributed by atoms with Crippen LogP contribution in [-0.4, -0.2) is 137 Å². The number of esters is 3. The number of ether oxygens (including phenoxy) is 4. The predicted octanol–water partition coefficient (Wildman–Crippen LogP) is 5.66. The largest absolute Gasteiger partial charge is 0.496 e. The van der Waals surface area contributed by atoms with Gasteiger partial charge in [-0.3, -0.25) is 33.7 Å². The van der Waals surface area contributed by atoms with E-state index in [0.29, 0.717) is 23.8 Å². The van der Waals surface area contributed by atoms with Crippen molar-refractivity contribution in [3.05, 3.63) is 29.3 Å². The standard InChI is InChI=1S/C41H60BN3O11.C9H17NO4/c1-12-44-18-19-45(35(49)34(44)48)37(51)43-28(16-17-32(47)53-38(2,3)4)29(46)23-26(42-55-31-22-25-21-30(40(25,8)9)41(31,10)56-42)20-24-14-13-15-27(33(24)52-11)36(50)54-39(5,6)7;1-9(2,3)14-7(11)5-4-6(10)8(12)13/h13-15,25-26,28,30-31H,12,16-23H2,1-11H3,(H,43,51);6H,4-5,10H2,1-3H3,(H,12,13)/t25-,26+,28+,30-,31+,41-;6-/m01/s1. The Morgan fingerprint density at radius 2 is 1.46 bits per heavy atom. The average molecular weight is 985 g/mol. The molecule has 5 fully saturated rings. The Morgan fingerprint density at radius 3 is 1.99 bits per heavy atom. The van der Waals surface area contributed by atoms with Crippen molar-refractivity contribution in [3.8, 4) is 5.75 Å². The van der Waals surface area contributed by atoms with Gasteiger partial charge in [0.05, 0.1) is 24.9 Å². The SMILES string of the molecule is CC(C)(C)OC(=O)CC[C@@H](N)C(=O)O.CCN1CCN(C(=O)N[C@H](CCC(=O)OC(C)(C)C)C(=O)C[C@@H](Cc2cccc(C(=O)OC(C)(C)C)c2OC)B2O[C@@H]3C[C@@H]4C[C@@H](C4(C)C)[C@]3(C)O2)C(=O)C1=O. The fraction of sp³-hybridized carbons (Fsp3) is 0.720. The molecule has 390 valence electrons. The summed E-state index contributed by atoms with van der Waals surface area (Å²) >= 11 is 0. The van der Waals surface area contributed by atoms with Crippen LogP contribution in [0.2, 0.25) is 5.82 Å². The molecule has 20 heteroatoms. The first-order chi connectivity index (χ1) is 32.2. The van der Waals surface area contributed by atoms with E-state index < -0.39 is 94.9 Å². The second-order valence-electron chi connectivity index (χ2n) is 22.5. The van der Waals surface area contributed by atoms with Crippen molar-refractivity contribution in [2.75, 3.05) is 26.7 Å². The zero-order valence-corrected chi connectivity index (χ0v) is 43.7. The van der Waals surface area contributed by atoms with Crippen LogP contribution in [0.15, 0.2) is 18.2 Å². The van der Waals surface area contributed by atoms with Gasteiger partial charge in [-0.05, 0) is 137 Å². The normalized spacial score (nSPS) is 23.1. The number of carboxylic acids is 1. The summed E-state index contributed by atoms with van der Waals surface area (Å²) in [6.07, 6.45) is 1.50. The van der Waals surface area contributed by atoms with Crippen molar-refractivity contribution in [1.29, 1.82) is 0 Å². The van der Waals surface area contributed by atoms with Crippen molar-refractivity contribution in [2.45, 2.75) is 188 Å². The number of nitrogens with two attached hydrogens (primary N) is 1. The maximum absolute atomic E-state index is 14.6. The number of nitrogens with one attached hydrogen (secondary N) is 1. The van der Waals surface area contributed by atoms with Gasteiger partial charge in [0.1, 0.15) is 34.2 Å².